The molecule has 0 bridgehead atoms. The zero-order chi connectivity index (χ0) is 43.8. The highest BCUT2D eigenvalue weighted by molar-refractivity contribution is 5.77. The van der Waals surface area contributed by atoms with E-state index in [9.17, 15) is 19.8 Å². The van der Waals surface area contributed by atoms with Gasteiger partial charge in [-0.3, -0.25) is 9.59 Å². The van der Waals surface area contributed by atoms with Crippen molar-refractivity contribution in [2.75, 3.05) is 6.61 Å². The summed E-state index contributed by atoms with van der Waals surface area (Å²) in [5.41, 5.74) is 0. The molecule has 0 saturated heterocycles. The van der Waals surface area contributed by atoms with E-state index in [1.807, 2.05) is 0 Å². The van der Waals surface area contributed by atoms with Crippen molar-refractivity contribution in [3.05, 3.63) is 36.5 Å². The third kappa shape index (κ3) is 42.8. The molecule has 0 aromatic rings. The summed E-state index contributed by atoms with van der Waals surface area (Å²) in [5.74, 6) is -0.499. The van der Waals surface area contributed by atoms with Crippen molar-refractivity contribution in [2.24, 2.45) is 0 Å². The minimum atomic E-state index is -0.794. The summed E-state index contributed by atoms with van der Waals surface area (Å²) in [7, 11) is 0. The molecule has 0 radical (unpaired) electrons. The average Bonchev–Trinajstić information content (AvgIpc) is 3.24. The van der Waals surface area contributed by atoms with Gasteiger partial charge in [0, 0.05) is 6.42 Å². The monoisotopic (exact) mass is 844 g/mol. The number of rotatable bonds is 47. The van der Waals surface area contributed by atoms with Crippen molar-refractivity contribution in [1.82, 2.24) is 5.32 Å². The normalized spacial score (nSPS) is 13.5. The standard InChI is InChI=1S/C54H101NO5/c1-4-7-10-13-16-19-22-24-26-28-29-31-33-36-39-42-45-50(60-54(59)47-44-41-38-35-21-18-15-12-9-6-3)48-53(58)55-51(49-56)52(57)46-43-40-37-34-32-30-27-25-23-20-17-14-11-8-5-2/h22,24,26,28-29,31,50-52,56-57H,4-21,23,25,27,30,32-49H2,1-3H3,(H,55,58)/b24-22+,28-26+,31-29+. The van der Waals surface area contributed by atoms with E-state index in [2.05, 4.69) is 62.5 Å². The third-order valence-electron chi connectivity index (χ3n) is 12.0. The lowest BCUT2D eigenvalue weighted by Crippen LogP contribution is -2.46. The highest BCUT2D eigenvalue weighted by atomic mass is 16.5. The highest BCUT2D eigenvalue weighted by Crippen LogP contribution is 2.18. The van der Waals surface area contributed by atoms with Gasteiger partial charge in [-0.15, -0.1) is 0 Å². The molecule has 3 atom stereocenters. The second-order valence-corrected chi connectivity index (χ2v) is 18.0. The van der Waals surface area contributed by atoms with Crippen LogP contribution in [0.25, 0.3) is 0 Å². The average molecular weight is 844 g/mol. The van der Waals surface area contributed by atoms with E-state index >= 15 is 0 Å². The van der Waals surface area contributed by atoms with Gasteiger partial charge < -0.3 is 20.3 Å². The molecule has 0 aromatic heterocycles. The van der Waals surface area contributed by atoms with Crippen LogP contribution < -0.4 is 5.32 Å². The summed E-state index contributed by atoms with van der Waals surface area (Å²) in [5, 5.41) is 23.8. The smallest absolute Gasteiger partial charge is 0.306 e. The fraction of sp³-hybridized carbons (Fsp3) is 0.852. The fourth-order valence-corrected chi connectivity index (χ4v) is 8.02. The number of hydrogen-bond donors (Lipinski definition) is 3. The van der Waals surface area contributed by atoms with Gasteiger partial charge in [0.15, 0.2) is 0 Å². The molecule has 3 N–H and O–H groups in total. The van der Waals surface area contributed by atoms with E-state index in [4.69, 9.17) is 4.74 Å². The second kappa shape index (κ2) is 48.1. The van der Waals surface area contributed by atoms with Gasteiger partial charge in [0.2, 0.25) is 5.91 Å². The second-order valence-electron chi connectivity index (χ2n) is 18.0. The number of nitrogens with one attached hydrogen (secondary N) is 1. The van der Waals surface area contributed by atoms with E-state index in [0.29, 0.717) is 19.3 Å². The predicted molar refractivity (Wildman–Crippen MR) is 259 cm³/mol. The topological polar surface area (TPSA) is 95.9 Å². The van der Waals surface area contributed by atoms with Crippen LogP contribution in [-0.4, -0.2) is 46.9 Å². The lowest BCUT2D eigenvalue weighted by molar-refractivity contribution is -0.151. The first-order valence-electron chi connectivity index (χ1n) is 26.2. The van der Waals surface area contributed by atoms with Crippen molar-refractivity contribution in [2.45, 2.75) is 289 Å². The Morgan fingerprint density at radius 2 is 0.850 bits per heavy atom. The molecule has 0 aliphatic carbocycles. The quantitative estimate of drug-likeness (QED) is 0.0322. The van der Waals surface area contributed by atoms with E-state index in [1.54, 1.807) is 0 Å². The van der Waals surface area contributed by atoms with Crippen LogP contribution in [0.4, 0.5) is 0 Å². The lowest BCUT2D eigenvalue weighted by Gasteiger charge is -2.24. The van der Waals surface area contributed by atoms with Gasteiger partial charge in [-0.1, -0.05) is 243 Å². The van der Waals surface area contributed by atoms with Crippen LogP contribution >= 0.6 is 0 Å². The van der Waals surface area contributed by atoms with Gasteiger partial charge in [-0.25, -0.2) is 0 Å². The molecule has 1 amide bonds. The van der Waals surface area contributed by atoms with Gasteiger partial charge in [0.05, 0.1) is 25.2 Å². The van der Waals surface area contributed by atoms with Crippen molar-refractivity contribution < 1.29 is 24.5 Å². The maximum Gasteiger partial charge on any atom is 0.306 e. The zero-order valence-electron chi connectivity index (χ0n) is 40.1. The number of esters is 1. The van der Waals surface area contributed by atoms with Gasteiger partial charge in [0.1, 0.15) is 6.10 Å². The Morgan fingerprint density at radius 3 is 1.28 bits per heavy atom. The van der Waals surface area contributed by atoms with Gasteiger partial charge in [-0.2, -0.15) is 0 Å². The molecular formula is C54H101NO5. The number of aliphatic hydroxyl groups is 2. The maximum absolute atomic E-state index is 13.2. The van der Waals surface area contributed by atoms with Crippen LogP contribution in [0, 0.1) is 0 Å². The van der Waals surface area contributed by atoms with Gasteiger partial charge in [-0.05, 0) is 51.4 Å². The van der Waals surface area contributed by atoms with Crippen LogP contribution in [0.5, 0.6) is 0 Å². The molecule has 0 rings (SSSR count). The minimum absolute atomic E-state index is 0.0584. The number of carbonyl (C=O) groups is 2. The Morgan fingerprint density at radius 1 is 0.483 bits per heavy atom. The summed E-state index contributed by atoms with van der Waals surface area (Å²) < 4.78 is 5.91. The van der Waals surface area contributed by atoms with E-state index < -0.39 is 18.2 Å². The molecule has 6 nitrogen and oxygen atoms in total. The number of hydrogen-bond acceptors (Lipinski definition) is 5. The molecule has 0 fully saturated rings. The summed E-state index contributed by atoms with van der Waals surface area (Å²) in [6, 6.07) is -0.709. The van der Waals surface area contributed by atoms with E-state index in [1.165, 1.54) is 154 Å². The highest BCUT2D eigenvalue weighted by Gasteiger charge is 2.24. The largest absolute Gasteiger partial charge is 0.462 e. The van der Waals surface area contributed by atoms with Crippen LogP contribution in [0.2, 0.25) is 0 Å². The minimum Gasteiger partial charge on any atom is -0.462 e. The molecule has 352 valence electrons. The predicted octanol–water partition coefficient (Wildman–Crippen LogP) is 15.7. The van der Waals surface area contributed by atoms with Crippen molar-refractivity contribution in [1.29, 1.82) is 0 Å². The third-order valence-corrected chi connectivity index (χ3v) is 12.0. The molecule has 6 heteroatoms. The molecule has 3 unspecified atom stereocenters. The lowest BCUT2D eigenvalue weighted by atomic mass is 10.0. The van der Waals surface area contributed by atoms with Gasteiger partial charge in [0.25, 0.3) is 0 Å². The number of aliphatic hydroxyl groups excluding tert-OH is 2. The molecule has 0 aromatic carbocycles. The number of ether oxygens (including phenoxy) is 1. The Kier molecular flexibility index (Phi) is 46.6. The Hall–Kier alpha value is -1.92. The van der Waals surface area contributed by atoms with Crippen LogP contribution in [0.1, 0.15) is 271 Å². The van der Waals surface area contributed by atoms with Crippen molar-refractivity contribution in [3.63, 3.8) is 0 Å². The van der Waals surface area contributed by atoms with Crippen LogP contribution in [0.3, 0.4) is 0 Å². The molecular weight excluding hydrogens is 743 g/mol. The molecule has 0 heterocycles. The maximum atomic E-state index is 13.2. The molecule has 0 aliphatic heterocycles. The molecule has 0 aliphatic rings. The van der Waals surface area contributed by atoms with Crippen LogP contribution in [-0.2, 0) is 14.3 Å². The number of unbranched alkanes of at least 4 members (excludes halogenated alkanes) is 31. The van der Waals surface area contributed by atoms with Crippen molar-refractivity contribution in [3.8, 4) is 0 Å². The first-order valence-corrected chi connectivity index (χ1v) is 26.2. The number of allylic oxidation sites excluding steroid dienone is 6. The molecule has 60 heavy (non-hydrogen) atoms. The summed E-state index contributed by atoms with van der Waals surface area (Å²) in [4.78, 5) is 26.1. The first-order chi connectivity index (χ1) is 29.5. The number of amides is 1. The number of carbonyl (C=O) groups excluding carboxylic acids is 2. The first kappa shape index (κ1) is 58.1. The summed E-state index contributed by atoms with van der Waals surface area (Å²) in [6.07, 6.45) is 56.3. The van der Waals surface area contributed by atoms with E-state index in [0.717, 1.165) is 70.6 Å². The Bertz CT molecular complexity index is 993. The van der Waals surface area contributed by atoms with Crippen molar-refractivity contribution >= 4 is 11.9 Å². The van der Waals surface area contributed by atoms with Gasteiger partial charge >= 0.3 is 5.97 Å². The fourth-order valence-electron chi connectivity index (χ4n) is 8.02. The Balaban J connectivity index is 4.59. The summed E-state index contributed by atoms with van der Waals surface area (Å²) in [6.45, 7) is 6.46. The Labute approximate surface area is 373 Å². The van der Waals surface area contributed by atoms with Crippen LogP contribution in [0.15, 0.2) is 36.5 Å². The molecule has 0 spiro atoms. The molecule has 0 saturated carbocycles. The SMILES string of the molecule is CCCCCCC/C=C/C=C/C=C/CCCCCC(CC(=O)NC(CO)C(O)CCCCCCCCCCCCCCCCC)OC(=O)CCCCCCCCCCCC. The summed E-state index contributed by atoms with van der Waals surface area (Å²) >= 11 is 0. The zero-order valence-corrected chi connectivity index (χ0v) is 40.1. The van der Waals surface area contributed by atoms with E-state index in [-0.39, 0.29) is 24.9 Å².